The molecule has 1 aromatic heterocycles. The second-order valence-electron chi connectivity index (χ2n) is 4.62. The van der Waals surface area contributed by atoms with E-state index in [1.165, 1.54) is 16.7 Å². The fourth-order valence-corrected chi connectivity index (χ4v) is 3.07. The summed E-state index contributed by atoms with van der Waals surface area (Å²) in [5, 5.41) is 4.38. The highest BCUT2D eigenvalue weighted by Crippen LogP contribution is 2.24. The number of fused-ring (bicyclic) bond motifs is 1. The number of hydrogen-bond acceptors (Lipinski definition) is 3. The van der Waals surface area contributed by atoms with Crippen LogP contribution in [0.25, 0.3) is 0 Å². The molecule has 0 saturated carbocycles. The van der Waals surface area contributed by atoms with Gasteiger partial charge in [0.15, 0.2) is 0 Å². The number of hydrogen-bond donors (Lipinski definition) is 1. The van der Waals surface area contributed by atoms with Gasteiger partial charge in [0.05, 0.1) is 0 Å². The normalized spacial score (nSPS) is 15.1. The van der Waals surface area contributed by atoms with Crippen molar-refractivity contribution >= 4 is 17.0 Å². The van der Waals surface area contributed by atoms with Gasteiger partial charge in [0.2, 0.25) is 0 Å². The van der Waals surface area contributed by atoms with Crippen LogP contribution in [0.3, 0.4) is 0 Å². The number of rotatable bonds is 3. The second-order valence-corrected chi connectivity index (χ2v) is 5.40. The van der Waals surface area contributed by atoms with Gasteiger partial charge in [-0.1, -0.05) is 6.07 Å². The maximum absolute atomic E-state index is 5.81. The quantitative estimate of drug-likeness (QED) is 0.841. The molecule has 3 rings (SSSR count). The van der Waals surface area contributed by atoms with Crippen molar-refractivity contribution in [3.05, 3.63) is 51.7 Å². The molecule has 0 atom stereocenters. The van der Waals surface area contributed by atoms with Crippen LogP contribution < -0.4 is 5.73 Å². The van der Waals surface area contributed by atoms with Crippen molar-refractivity contribution in [2.24, 2.45) is 0 Å². The van der Waals surface area contributed by atoms with E-state index in [9.17, 15) is 0 Å². The van der Waals surface area contributed by atoms with Crippen molar-refractivity contribution in [3.63, 3.8) is 0 Å². The van der Waals surface area contributed by atoms with Crippen molar-refractivity contribution in [3.8, 4) is 0 Å². The smallest absolute Gasteiger partial charge is 0.0317 e. The van der Waals surface area contributed by atoms with Gasteiger partial charge in [-0.05, 0) is 52.1 Å². The molecule has 1 aliphatic heterocycles. The standard InChI is InChI=1S/C14H16N2S/c15-14-2-1-12-8-16(9-13(12)7-14)5-3-11-4-6-17-10-11/h1-2,4,6-7,10H,3,5,8-9,15H2. The zero-order chi connectivity index (χ0) is 11.7. The van der Waals surface area contributed by atoms with E-state index in [0.29, 0.717) is 0 Å². The molecule has 0 saturated heterocycles. The van der Waals surface area contributed by atoms with Crippen molar-refractivity contribution in [2.75, 3.05) is 12.3 Å². The highest BCUT2D eigenvalue weighted by atomic mass is 32.1. The molecule has 2 N–H and O–H groups in total. The molecule has 0 radical (unpaired) electrons. The summed E-state index contributed by atoms with van der Waals surface area (Å²) in [7, 11) is 0. The van der Waals surface area contributed by atoms with E-state index in [4.69, 9.17) is 5.73 Å². The minimum Gasteiger partial charge on any atom is -0.399 e. The summed E-state index contributed by atoms with van der Waals surface area (Å²) in [4.78, 5) is 2.49. The monoisotopic (exact) mass is 244 g/mol. The molecule has 1 aromatic carbocycles. The Hall–Kier alpha value is -1.32. The Labute approximate surface area is 106 Å². The fraction of sp³-hybridized carbons (Fsp3) is 0.286. The molecular weight excluding hydrogens is 228 g/mol. The Balaban J connectivity index is 1.62. The molecule has 88 valence electrons. The number of nitrogens with two attached hydrogens (primary N) is 1. The van der Waals surface area contributed by atoms with Crippen LogP contribution in [0.4, 0.5) is 5.69 Å². The maximum atomic E-state index is 5.81. The highest BCUT2D eigenvalue weighted by molar-refractivity contribution is 7.07. The average molecular weight is 244 g/mol. The fourth-order valence-electron chi connectivity index (χ4n) is 2.37. The van der Waals surface area contributed by atoms with Crippen LogP contribution in [0.1, 0.15) is 16.7 Å². The summed E-state index contributed by atoms with van der Waals surface area (Å²) in [6, 6.07) is 8.49. The zero-order valence-electron chi connectivity index (χ0n) is 9.73. The van der Waals surface area contributed by atoms with Crippen LogP contribution >= 0.6 is 11.3 Å². The van der Waals surface area contributed by atoms with E-state index in [1.54, 1.807) is 11.3 Å². The molecular formula is C14H16N2S. The van der Waals surface area contributed by atoms with Crippen LogP contribution in [0, 0.1) is 0 Å². The van der Waals surface area contributed by atoms with E-state index in [2.05, 4.69) is 33.9 Å². The average Bonchev–Trinajstić information content (AvgIpc) is 2.94. The summed E-state index contributed by atoms with van der Waals surface area (Å²) in [6.07, 6.45) is 1.15. The van der Waals surface area contributed by atoms with Gasteiger partial charge in [-0.15, -0.1) is 0 Å². The lowest BCUT2D eigenvalue weighted by Gasteiger charge is -2.13. The SMILES string of the molecule is Nc1ccc2c(c1)CN(CCc1ccsc1)C2. The largest absolute Gasteiger partial charge is 0.399 e. The molecule has 0 amide bonds. The molecule has 17 heavy (non-hydrogen) atoms. The third kappa shape index (κ3) is 2.35. The number of nitrogen functional groups attached to an aromatic ring is 1. The van der Waals surface area contributed by atoms with Gasteiger partial charge >= 0.3 is 0 Å². The van der Waals surface area contributed by atoms with Gasteiger partial charge in [-0.3, -0.25) is 4.90 Å². The first-order chi connectivity index (χ1) is 8.31. The van der Waals surface area contributed by atoms with E-state index < -0.39 is 0 Å². The number of anilines is 1. The Morgan fingerprint density at radius 3 is 2.88 bits per heavy atom. The van der Waals surface area contributed by atoms with E-state index in [-0.39, 0.29) is 0 Å². The lowest BCUT2D eigenvalue weighted by atomic mass is 10.1. The minimum atomic E-state index is 0.878. The summed E-state index contributed by atoms with van der Waals surface area (Å²) in [5.74, 6) is 0. The number of thiophene rings is 1. The van der Waals surface area contributed by atoms with E-state index >= 15 is 0 Å². The molecule has 0 fully saturated rings. The van der Waals surface area contributed by atoms with Gasteiger partial charge in [-0.2, -0.15) is 11.3 Å². The van der Waals surface area contributed by atoms with Crippen molar-refractivity contribution in [2.45, 2.75) is 19.5 Å². The van der Waals surface area contributed by atoms with E-state index in [0.717, 1.165) is 31.7 Å². The second kappa shape index (κ2) is 4.51. The van der Waals surface area contributed by atoms with Crippen LogP contribution in [0.2, 0.25) is 0 Å². The highest BCUT2D eigenvalue weighted by Gasteiger charge is 2.18. The van der Waals surface area contributed by atoms with Crippen LogP contribution in [-0.2, 0) is 19.5 Å². The molecule has 0 unspecified atom stereocenters. The molecule has 0 aliphatic carbocycles. The lowest BCUT2D eigenvalue weighted by Crippen LogP contribution is -2.19. The van der Waals surface area contributed by atoms with Crippen LogP contribution in [-0.4, -0.2) is 11.4 Å². The van der Waals surface area contributed by atoms with Crippen LogP contribution in [0.5, 0.6) is 0 Å². The van der Waals surface area contributed by atoms with Gasteiger partial charge < -0.3 is 5.73 Å². The molecule has 0 bridgehead atoms. The van der Waals surface area contributed by atoms with Gasteiger partial charge in [0.25, 0.3) is 0 Å². The van der Waals surface area contributed by atoms with Gasteiger partial charge in [0, 0.05) is 25.3 Å². The predicted molar refractivity (Wildman–Crippen MR) is 73.0 cm³/mol. The molecule has 2 nitrogen and oxygen atoms in total. The van der Waals surface area contributed by atoms with Crippen LogP contribution in [0.15, 0.2) is 35.0 Å². The van der Waals surface area contributed by atoms with Crippen molar-refractivity contribution < 1.29 is 0 Å². The van der Waals surface area contributed by atoms with E-state index in [1.807, 2.05) is 6.07 Å². The molecule has 1 aliphatic rings. The number of benzene rings is 1. The summed E-state index contributed by atoms with van der Waals surface area (Å²) >= 11 is 1.78. The lowest BCUT2D eigenvalue weighted by molar-refractivity contribution is 0.288. The Kier molecular flexibility index (Phi) is 2.87. The van der Waals surface area contributed by atoms with Crippen molar-refractivity contribution in [1.29, 1.82) is 0 Å². The Morgan fingerprint density at radius 1 is 1.18 bits per heavy atom. The third-order valence-electron chi connectivity index (χ3n) is 3.32. The van der Waals surface area contributed by atoms with Gasteiger partial charge in [-0.25, -0.2) is 0 Å². The topological polar surface area (TPSA) is 29.3 Å². The number of nitrogens with zero attached hydrogens (tertiary/aromatic N) is 1. The summed E-state index contributed by atoms with van der Waals surface area (Å²) < 4.78 is 0. The zero-order valence-corrected chi connectivity index (χ0v) is 10.5. The summed E-state index contributed by atoms with van der Waals surface area (Å²) in [6.45, 7) is 3.25. The Bertz CT molecular complexity index is 505. The Morgan fingerprint density at radius 2 is 2.06 bits per heavy atom. The third-order valence-corrected chi connectivity index (χ3v) is 4.05. The van der Waals surface area contributed by atoms with Gasteiger partial charge in [0.1, 0.15) is 0 Å². The molecule has 2 heterocycles. The molecule has 2 aromatic rings. The minimum absolute atomic E-state index is 0.878. The maximum Gasteiger partial charge on any atom is 0.0317 e. The first-order valence-electron chi connectivity index (χ1n) is 5.92. The summed E-state index contributed by atoms with van der Waals surface area (Å²) in [5.41, 5.74) is 11.0. The van der Waals surface area contributed by atoms with Crippen molar-refractivity contribution in [1.82, 2.24) is 4.90 Å². The first-order valence-corrected chi connectivity index (χ1v) is 6.86. The predicted octanol–water partition coefficient (Wildman–Crippen LogP) is 2.89. The molecule has 0 spiro atoms. The molecule has 3 heteroatoms. The first kappa shape index (κ1) is 10.8.